The summed E-state index contributed by atoms with van der Waals surface area (Å²) >= 11 is 0. The van der Waals surface area contributed by atoms with Crippen molar-refractivity contribution in [3.63, 3.8) is 0 Å². The number of hydrogen-bond donors (Lipinski definition) is 1. The van der Waals surface area contributed by atoms with Crippen molar-refractivity contribution in [3.05, 3.63) is 0 Å². The van der Waals surface area contributed by atoms with Gasteiger partial charge in [-0.05, 0) is 26.2 Å². The van der Waals surface area contributed by atoms with Gasteiger partial charge < -0.3 is 5.73 Å². The molecular formula is C9H17NO. The Balaban J connectivity index is 2.10. The van der Waals surface area contributed by atoms with Gasteiger partial charge in [0.15, 0.2) is 0 Å². The maximum Gasteiger partial charge on any atom is 0.136 e. The number of carbonyl (C=O) groups is 1. The van der Waals surface area contributed by atoms with E-state index in [1.165, 1.54) is 6.42 Å². The Kier molecular flexibility index (Phi) is 3.06. The molecule has 1 unspecified atom stereocenters. The van der Waals surface area contributed by atoms with Crippen LogP contribution >= 0.6 is 0 Å². The Morgan fingerprint density at radius 2 is 2.27 bits per heavy atom. The van der Waals surface area contributed by atoms with Gasteiger partial charge in [-0.2, -0.15) is 0 Å². The topological polar surface area (TPSA) is 43.1 Å². The standard InChI is InChI=1S/C9H17NO/c1-7(10)5-6-9(11)8-3-2-4-8/h7-8H,2-6,10H2,1H3. The fraction of sp³-hybridized carbons (Fsp3) is 0.889. The van der Waals surface area contributed by atoms with Crippen LogP contribution in [0.15, 0.2) is 0 Å². The molecule has 1 atom stereocenters. The van der Waals surface area contributed by atoms with Crippen molar-refractivity contribution >= 4 is 5.78 Å². The van der Waals surface area contributed by atoms with E-state index in [2.05, 4.69) is 0 Å². The highest BCUT2D eigenvalue weighted by atomic mass is 16.1. The fourth-order valence-corrected chi connectivity index (χ4v) is 1.30. The summed E-state index contributed by atoms with van der Waals surface area (Å²) in [4.78, 5) is 11.3. The Morgan fingerprint density at radius 3 is 2.64 bits per heavy atom. The summed E-state index contributed by atoms with van der Waals surface area (Å²) in [5.41, 5.74) is 5.55. The Morgan fingerprint density at radius 1 is 1.64 bits per heavy atom. The summed E-state index contributed by atoms with van der Waals surface area (Å²) in [6.07, 6.45) is 5.04. The van der Waals surface area contributed by atoms with Crippen LogP contribution in [0.5, 0.6) is 0 Å². The minimum absolute atomic E-state index is 0.180. The molecule has 0 spiro atoms. The number of rotatable bonds is 4. The number of Topliss-reactive ketones (excluding diaryl/α,β-unsaturated/α-hetero) is 1. The van der Waals surface area contributed by atoms with E-state index in [9.17, 15) is 4.79 Å². The van der Waals surface area contributed by atoms with Gasteiger partial charge in [0.25, 0.3) is 0 Å². The molecule has 64 valence electrons. The first-order valence-corrected chi connectivity index (χ1v) is 4.48. The fourth-order valence-electron chi connectivity index (χ4n) is 1.30. The third kappa shape index (κ3) is 2.62. The molecule has 0 aliphatic heterocycles. The molecule has 2 nitrogen and oxygen atoms in total. The summed E-state index contributed by atoms with van der Waals surface area (Å²) in [6, 6.07) is 0.180. The lowest BCUT2D eigenvalue weighted by Crippen LogP contribution is -2.24. The van der Waals surface area contributed by atoms with E-state index in [-0.39, 0.29) is 6.04 Å². The number of nitrogens with two attached hydrogens (primary N) is 1. The van der Waals surface area contributed by atoms with E-state index in [4.69, 9.17) is 5.73 Å². The molecule has 1 aliphatic rings. The van der Waals surface area contributed by atoms with E-state index in [1.54, 1.807) is 0 Å². The minimum Gasteiger partial charge on any atom is -0.328 e. The second kappa shape index (κ2) is 3.86. The number of carbonyl (C=O) groups excluding carboxylic acids is 1. The molecule has 0 bridgehead atoms. The summed E-state index contributed by atoms with van der Waals surface area (Å²) < 4.78 is 0. The van der Waals surface area contributed by atoms with Crippen LogP contribution in [0.1, 0.15) is 39.0 Å². The zero-order valence-electron chi connectivity index (χ0n) is 7.18. The molecule has 0 radical (unpaired) electrons. The van der Waals surface area contributed by atoms with Crippen LogP contribution in [0, 0.1) is 5.92 Å². The Hall–Kier alpha value is -0.370. The zero-order valence-corrected chi connectivity index (χ0v) is 7.18. The van der Waals surface area contributed by atoms with Gasteiger partial charge in [-0.1, -0.05) is 6.42 Å². The van der Waals surface area contributed by atoms with Crippen LogP contribution in [-0.4, -0.2) is 11.8 Å². The highest BCUT2D eigenvalue weighted by molar-refractivity contribution is 5.81. The lowest BCUT2D eigenvalue weighted by molar-refractivity contribution is -0.125. The SMILES string of the molecule is CC(N)CCC(=O)C1CCC1. The third-order valence-corrected chi connectivity index (χ3v) is 2.41. The maximum atomic E-state index is 11.3. The maximum absolute atomic E-state index is 11.3. The largest absolute Gasteiger partial charge is 0.328 e. The smallest absolute Gasteiger partial charge is 0.136 e. The molecule has 11 heavy (non-hydrogen) atoms. The second-order valence-electron chi connectivity index (χ2n) is 3.61. The normalized spacial score (nSPS) is 20.9. The third-order valence-electron chi connectivity index (χ3n) is 2.41. The first-order chi connectivity index (χ1) is 5.20. The van der Waals surface area contributed by atoms with Gasteiger partial charge in [0, 0.05) is 18.4 Å². The molecule has 0 aromatic carbocycles. The van der Waals surface area contributed by atoms with Gasteiger partial charge in [0.05, 0.1) is 0 Å². The number of hydrogen-bond acceptors (Lipinski definition) is 2. The van der Waals surface area contributed by atoms with E-state index < -0.39 is 0 Å². The van der Waals surface area contributed by atoms with Crippen molar-refractivity contribution in [2.24, 2.45) is 11.7 Å². The molecular weight excluding hydrogens is 138 g/mol. The van der Waals surface area contributed by atoms with Crippen LogP contribution < -0.4 is 5.73 Å². The highest BCUT2D eigenvalue weighted by Gasteiger charge is 2.24. The van der Waals surface area contributed by atoms with E-state index in [0.717, 1.165) is 19.3 Å². The van der Waals surface area contributed by atoms with Crippen LogP contribution in [0.25, 0.3) is 0 Å². The van der Waals surface area contributed by atoms with Crippen molar-refractivity contribution in [1.82, 2.24) is 0 Å². The molecule has 1 saturated carbocycles. The second-order valence-corrected chi connectivity index (χ2v) is 3.61. The van der Waals surface area contributed by atoms with Gasteiger partial charge in [0.1, 0.15) is 5.78 Å². The zero-order chi connectivity index (χ0) is 8.27. The minimum atomic E-state index is 0.180. The Labute approximate surface area is 68.2 Å². The predicted molar refractivity (Wildman–Crippen MR) is 45.2 cm³/mol. The molecule has 0 aromatic heterocycles. The van der Waals surface area contributed by atoms with Crippen LogP contribution in [0.4, 0.5) is 0 Å². The van der Waals surface area contributed by atoms with E-state index in [0.29, 0.717) is 18.1 Å². The van der Waals surface area contributed by atoms with Crippen molar-refractivity contribution in [2.45, 2.75) is 45.1 Å². The average molecular weight is 155 g/mol. The molecule has 2 heteroatoms. The van der Waals surface area contributed by atoms with Gasteiger partial charge in [-0.3, -0.25) is 4.79 Å². The lowest BCUT2D eigenvalue weighted by atomic mass is 9.80. The molecule has 1 fully saturated rings. The first-order valence-electron chi connectivity index (χ1n) is 4.48. The molecule has 0 amide bonds. The molecule has 2 N–H and O–H groups in total. The van der Waals surface area contributed by atoms with Gasteiger partial charge in [0.2, 0.25) is 0 Å². The van der Waals surface area contributed by atoms with Crippen LogP contribution in [0.3, 0.4) is 0 Å². The summed E-state index contributed by atoms with van der Waals surface area (Å²) in [5.74, 6) is 0.835. The van der Waals surface area contributed by atoms with Crippen LogP contribution in [0.2, 0.25) is 0 Å². The predicted octanol–water partition coefficient (Wildman–Crippen LogP) is 1.48. The van der Waals surface area contributed by atoms with Gasteiger partial charge >= 0.3 is 0 Å². The molecule has 0 saturated heterocycles. The quantitative estimate of drug-likeness (QED) is 0.668. The molecule has 0 aromatic rings. The van der Waals surface area contributed by atoms with Crippen LogP contribution in [-0.2, 0) is 4.79 Å². The van der Waals surface area contributed by atoms with E-state index >= 15 is 0 Å². The van der Waals surface area contributed by atoms with Crippen molar-refractivity contribution < 1.29 is 4.79 Å². The first kappa shape index (κ1) is 8.72. The molecule has 1 aliphatic carbocycles. The van der Waals surface area contributed by atoms with Crippen molar-refractivity contribution in [2.75, 3.05) is 0 Å². The molecule has 1 rings (SSSR count). The molecule has 0 heterocycles. The average Bonchev–Trinajstić information content (AvgIpc) is 1.79. The van der Waals surface area contributed by atoms with Crippen molar-refractivity contribution in [3.8, 4) is 0 Å². The Bertz CT molecular complexity index is 138. The van der Waals surface area contributed by atoms with Gasteiger partial charge in [-0.15, -0.1) is 0 Å². The lowest BCUT2D eigenvalue weighted by Gasteiger charge is -2.23. The summed E-state index contributed by atoms with van der Waals surface area (Å²) in [7, 11) is 0. The van der Waals surface area contributed by atoms with Gasteiger partial charge in [-0.25, -0.2) is 0 Å². The van der Waals surface area contributed by atoms with E-state index in [1.807, 2.05) is 6.92 Å². The number of ketones is 1. The summed E-state index contributed by atoms with van der Waals surface area (Å²) in [5, 5.41) is 0. The highest BCUT2D eigenvalue weighted by Crippen LogP contribution is 2.28. The monoisotopic (exact) mass is 155 g/mol. The summed E-state index contributed by atoms with van der Waals surface area (Å²) in [6.45, 7) is 1.95. The van der Waals surface area contributed by atoms with Crippen molar-refractivity contribution in [1.29, 1.82) is 0 Å².